The number of nitrogens with one attached hydrogen (secondary N) is 6. The molecule has 0 unspecified atom stereocenters. The Balaban J connectivity index is 0.000000144. The van der Waals surface area contributed by atoms with Gasteiger partial charge in [0.1, 0.15) is 42.4 Å². The van der Waals surface area contributed by atoms with Crippen LogP contribution in [0.15, 0.2) is 128 Å². The number of urea groups is 1. The van der Waals surface area contributed by atoms with Crippen LogP contribution in [-0.4, -0.2) is 199 Å². The average Bonchev–Trinajstić information content (AvgIpc) is 1.70. The predicted octanol–water partition coefficient (Wildman–Crippen LogP) is 9.69. The zero-order valence-corrected chi connectivity index (χ0v) is 64.4. The summed E-state index contributed by atoms with van der Waals surface area (Å²) in [5.74, 6) is 3.84. The van der Waals surface area contributed by atoms with Crippen molar-refractivity contribution in [2.24, 2.45) is 22.5 Å². The molecular formula is C78H97N19O10S2. The van der Waals surface area contributed by atoms with E-state index in [1.54, 1.807) is 20.8 Å². The molecule has 3 aromatic carbocycles. The van der Waals surface area contributed by atoms with E-state index in [4.69, 9.17) is 88.8 Å². The van der Waals surface area contributed by atoms with E-state index < -0.39 is 22.8 Å². The third-order valence-electron chi connectivity index (χ3n) is 19.4. The van der Waals surface area contributed by atoms with Crippen LogP contribution in [-0.2, 0) is 42.8 Å². The molecule has 6 aromatic heterocycles. The highest BCUT2D eigenvalue weighted by molar-refractivity contribution is 7.80. The molecule has 12 heterocycles. The highest BCUT2D eigenvalue weighted by Gasteiger charge is 2.38. The van der Waals surface area contributed by atoms with Crippen molar-refractivity contribution in [3.05, 3.63) is 128 Å². The van der Waals surface area contributed by atoms with E-state index in [2.05, 4.69) is 58.7 Å². The molecule has 7 atom stereocenters. The maximum absolute atomic E-state index is 12.2. The second-order valence-corrected chi connectivity index (χ2v) is 31.3. The van der Waals surface area contributed by atoms with Gasteiger partial charge >= 0.3 is 23.9 Å². The standard InChI is InChI=1S/C26H33N7O3S.C26H32N6O4.C26H32N6O3S/c1-16(2)22(27)25(34)35-13-11-28-26(37)29-18-7-5-17(6-8-18)23-30-24(21-4-3-12-33(21)31-23)32-14-19-9-10-20(15-32)36-19;1-26(2,3)24(33)35-14-12-27-25(34)28-18-8-6-17(7-9-18)22-29-23(21-5-4-13-32(21)30-22)31-15-19-10-11-20(16-31)36-19;1-26(2,3)24(33)34-14-12-27-25(36)28-18-8-6-17(7-9-18)22-29-23(21-5-4-13-32(21)30-22)31-15-19-10-11-20(16-31)35-19/h3-8,12,16,19-20,22H,9-11,13-15,27H2,1-2H3,(H2,28,29,37);4-9,13,19-20H,10-12,14-16H2,1-3H3,(H2,27,28,34);4-9,13,19-20H,10-12,14-16H2,1-3H3,(H2,27,28,36)/t19-,20+,22-;2*19-,20+/m1../s1. The van der Waals surface area contributed by atoms with Gasteiger partial charge in [-0.15, -0.1) is 15.3 Å². The number of hydrogen-bond donors (Lipinski definition) is 7. The summed E-state index contributed by atoms with van der Waals surface area (Å²) in [5.41, 5.74) is 12.7. The number of morpholine rings is 3. The van der Waals surface area contributed by atoms with Crippen molar-refractivity contribution >= 4 is 110 Å². The van der Waals surface area contributed by atoms with Crippen molar-refractivity contribution < 1.29 is 47.6 Å². The van der Waals surface area contributed by atoms with E-state index >= 15 is 0 Å². The SMILES string of the molecule is CC(C)(C)C(=O)OCCNC(=O)Nc1ccc(-c2nc(N3C[C@H]4CC[C@@H](C3)O4)c3cccn3n2)cc1.CC(C)(C)C(=O)OCCNC(=S)Nc1ccc(-c2nc(N3C[C@H]4CC[C@@H](C3)O4)c3cccn3n2)cc1.CC(C)[C@@H](N)C(=O)OCCNC(=S)Nc1ccc(-c2nc(N3C[C@H]4CC[C@@H](C3)O4)c3cccn3n2)cc1. The minimum absolute atomic E-state index is 0.0304. The second-order valence-electron chi connectivity index (χ2n) is 30.5. The van der Waals surface area contributed by atoms with E-state index in [1.807, 2.05) is 164 Å². The zero-order chi connectivity index (χ0) is 76.5. The molecule has 8 N–H and O–H groups in total. The lowest BCUT2D eigenvalue weighted by Crippen LogP contribution is -2.43. The number of aromatic nitrogens is 9. The number of rotatable bonds is 20. The van der Waals surface area contributed by atoms with Gasteiger partial charge in [-0.05, 0) is 220 Å². The van der Waals surface area contributed by atoms with Crippen molar-refractivity contribution in [2.75, 3.05) is 109 Å². The average molecular weight is 1520 g/mol. The molecule has 15 rings (SSSR count). The molecule has 6 aliphatic rings. The maximum Gasteiger partial charge on any atom is 0.323 e. The van der Waals surface area contributed by atoms with Crippen LogP contribution in [0.25, 0.3) is 50.7 Å². The molecule has 6 saturated heterocycles. The molecule has 576 valence electrons. The number of ether oxygens (including phenoxy) is 6. The number of fused-ring (bicyclic) bond motifs is 9. The van der Waals surface area contributed by atoms with Crippen LogP contribution in [0.2, 0.25) is 0 Å². The quantitative estimate of drug-likeness (QED) is 0.0161. The largest absolute Gasteiger partial charge is 0.463 e. The number of carbonyl (C=O) groups is 4. The van der Waals surface area contributed by atoms with E-state index in [9.17, 15) is 19.2 Å². The number of benzene rings is 3. The van der Waals surface area contributed by atoms with E-state index in [0.717, 1.165) is 140 Å². The summed E-state index contributed by atoms with van der Waals surface area (Å²) in [6.45, 7) is 21.3. The minimum Gasteiger partial charge on any atom is -0.463 e. The number of esters is 3. The minimum atomic E-state index is -0.620. The highest BCUT2D eigenvalue weighted by atomic mass is 32.1. The third-order valence-corrected chi connectivity index (χ3v) is 19.9. The van der Waals surface area contributed by atoms with Crippen LogP contribution < -0.4 is 52.3 Å². The summed E-state index contributed by atoms with van der Waals surface area (Å²) in [6.07, 6.45) is 14.1. The lowest BCUT2D eigenvalue weighted by atomic mass is 9.97. The van der Waals surface area contributed by atoms with E-state index in [-0.39, 0.29) is 86.9 Å². The first kappa shape index (κ1) is 77.0. The van der Waals surface area contributed by atoms with Gasteiger partial charge in [0.15, 0.2) is 45.2 Å². The molecule has 109 heavy (non-hydrogen) atoms. The summed E-state index contributed by atoms with van der Waals surface area (Å²) in [7, 11) is 0. The van der Waals surface area contributed by atoms with Crippen molar-refractivity contribution in [2.45, 2.75) is 137 Å². The van der Waals surface area contributed by atoms with Gasteiger partial charge in [0.05, 0.1) is 67.1 Å². The normalized spacial score (nSPS) is 19.5. The molecule has 9 aromatic rings. The Hall–Kier alpha value is -10.2. The number of carbonyl (C=O) groups excluding carboxylic acids is 4. The molecule has 0 saturated carbocycles. The first-order chi connectivity index (χ1) is 52.4. The second kappa shape index (κ2) is 34.2. The fraction of sp³-hybridized carbons (Fsp3) is 0.462. The molecule has 0 aliphatic carbocycles. The Labute approximate surface area is 644 Å². The summed E-state index contributed by atoms with van der Waals surface area (Å²) in [4.78, 5) is 69.5. The van der Waals surface area contributed by atoms with Gasteiger partial charge in [0.25, 0.3) is 0 Å². The van der Waals surface area contributed by atoms with Crippen LogP contribution in [0.5, 0.6) is 0 Å². The number of hydrogen-bond acceptors (Lipinski definition) is 22. The van der Waals surface area contributed by atoms with E-state index in [1.165, 1.54) is 0 Å². The topological polar surface area (TPSA) is 322 Å². The molecule has 6 bridgehead atoms. The van der Waals surface area contributed by atoms with Gasteiger partial charge in [0, 0.05) is 91.6 Å². The monoisotopic (exact) mass is 1520 g/mol. The van der Waals surface area contributed by atoms with Crippen molar-refractivity contribution in [3.8, 4) is 34.2 Å². The maximum atomic E-state index is 12.2. The summed E-state index contributed by atoms with van der Waals surface area (Å²) < 4.78 is 39.3. The number of anilines is 6. The number of amides is 2. The molecular weight excluding hydrogens is 1430 g/mol. The Morgan fingerprint density at radius 2 is 0.761 bits per heavy atom. The molecule has 29 nitrogen and oxygen atoms in total. The van der Waals surface area contributed by atoms with Crippen molar-refractivity contribution in [3.63, 3.8) is 0 Å². The van der Waals surface area contributed by atoms with Crippen LogP contribution in [0.4, 0.5) is 39.3 Å². The molecule has 2 amide bonds. The van der Waals surface area contributed by atoms with Crippen LogP contribution in [0.1, 0.15) is 93.9 Å². The van der Waals surface area contributed by atoms with Gasteiger partial charge in [0.2, 0.25) is 0 Å². The highest BCUT2D eigenvalue weighted by Crippen LogP contribution is 2.36. The number of nitrogens with two attached hydrogens (primary N) is 1. The number of thiocarbonyl (C=S) groups is 2. The van der Waals surface area contributed by atoms with E-state index in [0.29, 0.717) is 46.5 Å². The first-order valence-corrected chi connectivity index (χ1v) is 38.2. The Bertz CT molecular complexity index is 4460. The van der Waals surface area contributed by atoms with Gasteiger partial charge in [-0.1, -0.05) is 13.8 Å². The fourth-order valence-corrected chi connectivity index (χ4v) is 14.0. The lowest BCUT2D eigenvalue weighted by Gasteiger charge is -2.33. The molecule has 31 heteroatoms. The molecule has 6 fully saturated rings. The van der Waals surface area contributed by atoms with Gasteiger partial charge < -0.3 is 80.8 Å². The van der Waals surface area contributed by atoms with Crippen LogP contribution >= 0.6 is 24.4 Å². The van der Waals surface area contributed by atoms with Gasteiger partial charge in [-0.3, -0.25) is 14.4 Å². The van der Waals surface area contributed by atoms with Crippen molar-refractivity contribution in [1.82, 2.24) is 59.7 Å². The fourth-order valence-electron chi connectivity index (χ4n) is 13.6. The first-order valence-electron chi connectivity index (χ1n) is 37.4. The summed E-state index contributed by atoms with van der Waals surface area (Å²) >= 11 is 10.7. The smallest absolute Gasteiger partial charge is 0.323 e. The zero-order valence-electron chi connectivity index (χ0n) is 62.8. The Morgan fingerprint density at radius 3 is 1.07 bits per heavy atom. The summed E-state index contributed by atoms with van der Waals surface area (Å²) in [6, 6.07) is 34.2. The predicted molar refractivity (Wildman–Crippen MR) is 426 cm³/mol. The van der Waals surface area contributed by atoms with Gasteiger partial charge in [-0.2, -0.15) is 0 Å². The Morgan fingerprint density at radius 1 is 0.459 bits per heavy atom. The Kier molecular flexibility index (Phi) is 24.1. The van der Waals surface area contributed by atoms with Crippen LogP contribution in [0, 0.1) is 16.7 Å². The van der Waals surface area contributed by atoms with Crippen LogP contribution in [0.3, 0.4) is 0 Å². The molecule has 6 aliphatic heterocycles. The number of nitrogens with zero attached hydrogens (tertiary/aromatic N) is 12. The molecule has 0 spiro atoms. The third kappa shape index (κ3) is 19.6. The van der Waals surface area contributed by atoms with Gasteiger partial charge in [-0.25, -0.2) is 33.3 Å². The summed E-state index contributed by atoms with van der Waals surface area (Å²) in [5, 5.41) is 32.9. The van der Waals surface area contributed by atoms with Crippen molar-refractivity contribution in [1.29, 1.82) is 0 Å². The molecule has 0 radical (unpaired) electrons. The lowest BCUT2D eigenvalue weighted by molar-refractivity contribution is -0.153.